The van der Waals surface area contributed by atoms with Crippen molar-refractivity contribution in [3.05, 3.63) is 35.4 Å². The van der Waals surface area contributed by atoms with E-state index in [1.54, 1.807) is 32.2 Å². The molecule has 1 aromatic rings. The van der Waals surface area contributed by atoms with Crippen molar-refractivity contribution >= 4 is 11.8 Å². The molecule has 0 saturated carbocycles. The molecule has 0 atom stereocenters. The van der Waals surface area contributed by atoms with Gasteiger partial charge in [0.1, 0.15) is 6.73 Å². The smallest absolute Gasteiger partial charge is 0.251 e. The van der Waals surface area contributed by atoms with Crippen molar-refractivity contribution in [3.63, 3.8) is 0 Å². The van der Waals surface area contributed by atoms with Gasteiger partial charge in [0, 0.05) is 32.1 Å². The first-order valence-electron chi connectivity index (χ1n) is 8.15. The zero-order valence-corrected chi connectivity index (χ0v) is 15.0. The van der Waals surface area contributed by atoms with Crippen molar-refractivity contribution in [2.75, 3.05) is 26.9 Å². The van der Waals surface area contributed by atoms with Gasteiger partial charge in [-0.05, 0) is 17.7 Å². The van der Waals surface area contributed by atoms with Crippen molar-refractivity contribution < 1.29 is 19.5 Å². The van der Waals surface area contributed by atoms with E-state index in [-0.39, 0.29) is 25.2 Å². The van der Waals surface area contributed by atoms with Gasteiger partial charge in [-0.15, -0.1) is 0 Å². The highest BCUT2D eigenvalue weighted by Gasteiger charge is 2.06. The first kappa shape index (κ1) is 22.0. The van der Waals surface area contributed by atoms with Crippen LogP contribution in [0.4, 0.5) is 0 Å². The van der Waals surface area contributed by atoms with Gasteiger partial charge in [0.15, 0.2) is 0 Å². The Morgan fingerprint density at radius 1 is 1.25 bits per heavy atom. The zero-order chi connectivity index (χ0) is 18.4. The Labute approximate surface area is 143 Å². The number of carbonyl (C=O) groups is 2. The van der Waals surface area contributed by atoms with Crippen molar-refractivity contribution in [3.8, 4) is 0 Å². The highest BCUT2D eigenvalue weighted by Crippen LogP contribution is 2.05. The lowest BCUT2D eigenvalue weighted by atomic mass is 10.1. The second kappa shape index (κ2) is 13.5. The van der Waals surface area contributed by atoms with Crippen LogP contribution in [0.5, 0.6) is 0 Å². The maximum Gasteiger partial charge on any atom is 0.251 e. The van der Waals surface area contributed by atoms with Crippen LogP contribution in [-0.4, -0.2) is 48.9 Å². The fourth-order valence-corrected chi connectivity index (χ4v) is 1.66. The van der Waals surface area contributed by atoms with Gasteiger partial charge in [-0.25, -0.2) is 0 Å². The summed E-state index contributed by atoms with van der Waals surface area (Å²) in [5, 5.41) is 15.5. The minimum absolute atomic E-state index is 0.0278. The SMILES string of the molecule is CC.CCC(=O)NCc1cccc(C(=O)NCCON(C)CO)c1. The molecular formula is C17H29N3O4. The molecule has 136 valence electrons. The van der Waals surface area contributed by atoms with E-state index < -0.39 is 0 Å². The molecule has 2 amide bonds. The lowest BCUT2D eigenvalue weighted by Gasteiger charge is -2.13. The van der Waals surface area contributed by atoms with Crippen LogP contribution in [0.3, 0.4) is 0 Å². The molecule has 0 aliphatic heterocycles. The second-order valence-electron chi connectivity index (χ2n) is 4.69. The first-order chi connectivity index (χ1) is 11.6. The van der Waals surface area contributed by atoms with Crippen LogP contribution >= 0.6 is 0 Å². The van der Waals surface area contributed by atoms with Gasteiger partial charge in [-0.2, -0.15) is 5.06 Å². The highest BCUT2D eigenvalue weighted by atomic mass is 16.7. The maximum atomic E-state index is 12.0. The van der Waals surface area contributed by atoms with Gasteiger partial charge in [-0.3, -0.25) is 14.4 Å². The molecule has 0 spiro atoms. The van der Waals surface area contributed by atoms with E-state index in [4.69, 9.17) is 9.94 Å². The summed E-state index contributed by atoms with van der Waals surface area (Å²) in [5.41, 5.74) is 1.39. The second-order valence-corrected chi connectivity index (χ2v) is 4.69. The third-order valence-corrected chi connectivity index (χ3v) is 2.90. The van der Waals surface area contributed by atoms with E-state index in [1.165, 1.54) is 5.06 Å². The summed E-state index contributed by atoms with van der Waals surface area (Å²) in [6, 6.07) is 7.08. The number of aliphatic hydroxyl groups excluding tert-OH is 1. The zero-order valence-electron chi connectivity index (χ0n) is 15.0. The molecule has 0 saturated heterocycles. The van der Waals surface area contributed by atoms with Crippen molar-refractivity contribution in [2.24, 2.45) is 0 Å². The van der Waals surface area contributed by atoms with E-state index >= 15 is 0 Å². The molecule has 0 aliphatic carbocycles. The predicted octanol–water partition coefficient (Wildman–Crippen LogP) is 1.28. The molecule has 0 heterocycles. The van der Waals surface area contributed by atoms with E-state index in [0.717, 1.165) is 5.56 Å². The van der Waals surface area contributed by atoms with Crippen LogP contribution in [0.15, 0.2) is 24.3 Å². The Hall–Kier alpha value is -1.96. The predicted molar refractivity (Wildman–Crippen MR) is 93.1 cm³/mol. The van der Waals surface area contributed by atoms with Gasteiger partial charge in [0.25, 0.3) is 5.91 Å². The average molecular weight is 339 g/mol. The molecule has 7 nitrogen and oxygen atoms in total. The van der Waals surface area contributed by atoms with Gasteiger partial charge in [0.2, 0.25) is 5.91 Å². The van der Waals surface area contributed by atoms with Crippen LogP contribution in [-0.2, 0) is 16.2 Å². The van der Waals surface area contributed by atoms with E-state index in [1.807, 2.05) is 19.9 Å². The van der Waals surface area contributed by atoms with E-state index in [9.17, 15) is 9.59 Å². The Morgan fingerprint density at radius 2 is 1.96 bits per heavy atom. The van der Waals surface area contributed by atoms with E-state index in [2.05, 4.69) is 10.6 Å². The van der Waals surface area contributed by atoms with Crippen LogP contribution in [0, 0.1) is 0 Å². The Bertz CT molecular complexity index is 494. The molecule has 0 aromatic heterocycles. The molecule has 24 heavy (non-hydrogen) atoms. The number of carbonyl (C=O) groups excluding carboxylic acids is 2. The van der Waals surface area contributed by atoms with Crippen molar-refractivity contribution in [2.45, 2.75) is 33.7 Å². The summed E-state index contributed by atoms with van der Waals surface area (Å²) >= 11 is 0. The standard InChI is InChI=1S/C15H23N3O4.C2H6/c1-3-14(20)17-10-12-5-4-6-13(9-12)15(21)16-7-8-22-18(2)11-19;1-2/h4-6,9,19H,3,7-8,10-11H2,1-2H3,(H,16,21)(H,17,20);1-2H3. The number of hydrogen-bond acceptors (Lipinski definition) is 5. The molecule has 1 rings (SSSR count). The number of benzene rings is 1. The van der Waals surface area contributed by atoms with E-state index in [0.29, 0.717) is 25.1 Å². The molecule has 0 unspecified atom stereocenters. The number of hydroxylamine groups is 2. The Balaban J connectivity index is 0.00000254. The molecule has 1 aromatic carbocycles. The molecular weight excluding hydrogens is 310 g/mol. The summed E-state index contributed by atoms with van der Waals surface area (Å²) in [6.07, 6.45) is 0.433. The molecule has 0 fully saturated rings. The largest absolute Gasteiger partial charge is 0.379 e. The maximum absolute atomic E-state index is 12.0. The summed E-state index contributed by atoms with van der Waals surface area (Å²) < 4.78 is 0. The lowest BCUT2D eigenvalue weighted by Crippen LogP contribution is -2.30. The number of hydrogen-bond donors (Lipinski definition) is 3. The minimum atomic E-state index is -0.209. The number of amides is 2. The third-order valence-electron chi connectivity index (χ3n) is 2.90. The Morgan fingerprint density at radius 3 is 2.58 bits per heavy atom. The Kier molecular flexibility index (Phi) is 12.4. The molecule has 3 N–H and O–H groups in total. The first-order valence-corrected chi connectivity index (χ1v) is 8.15. The number of nitrogens with one attached hydrogen (secondary N) is 2. The highest BCUT2D eigenvalue weighted by molar-refractivity contribution is 5.94. The fourth-order valence-electron chi connectivity index (χ4n) is 1.66. The quantitative estimate of drug-likeness (QED) is 0.358. The van der Waals surface area contributed by atoms with Crippen LogP contribution in [0.2, 0.25) is 0 Å². The van der Waals surface area contributed by atoms with Crippen molar-refractivity contribution in [1.82, 2.24) is 15.7 Å². The fraction of sp³-hybridized carbons (Fsp3) is 0.529. The van der Waals surface area contributed by atoms with Crippen LogP contribution in [0.25, 0.3) is 0 Å². The molecule has 7 heteroatoms. The number of nitrogens with zero attached hydrogens (tertiary/aromatic N) is 1. The number of aliphatic hydroxyl groups is 1. The van der Waals surface area contributed by atoms with Crippen LogP contribution in [0.1, 0.15) is 43.1 Å². The molecule has 0 bridgehead atoms. The van der Waals surface area contributed by atoms with Gasteiger partial charge < -0.3 is 15.7 Å². The van der Waals surface area contributed by atoms with Gasteiger partial charge >= 0.3 is 0 Å². The molecule has 0 radical (unpaired) electrons. The third kappa shape index (κ3) is 9.24. The minimum Gasteiger partial charge on any atom is -0.379 e. The summed E-state index contributed by atoms with van der Waals surface area (Å²) in [4.78, 5) is 28.3. The summed E-state index contributed by atoms with van der Waals surface area (Å²) in [6.45, 7) is 6.59. The lowest BCUT2D eigenvalue weighted by molar-refractivity contribution is -0.176. The summed E-state index contributed by atoms with van der Waals surface area (Å²) in [7, 11) is 1.59. The number of rotatable bonds is 9. The van der Waals surface area contributed by atoms with Gasteiger partial charge in [0.05, 0.1) is 6.61 Å². The normalized spacial score (nSPS) is 9.92. The summed E-state index contributed by atoms with van der Waals surface area (Å²) in [5.74, 6) is -0.237. The molecule has 0 aliphatic rings. The van der Waals surface area contributed by atoms with Crippen molar-refractivity contribution in [1.29, 1.82) is 0 Å². The topological polar surface area (TPSA) is 90.9 Å². The average Bonchev–Trinajstić information content (AvgIpc) is 2.64. The monoisotopic (exact) mass is 339 g/mol. The van der Waals surface area contributed by atoms with Crippen LogP contribution < -0.4 is 10.6 Å². The van der Waals surface area contributed by atoms with Gasteiger partial charge in [-0.1, -0.05) is 32.9 Å².